The summed E-state index contributed by atoms with van der Waals surface area (Å²) in [5, 5.41) is 0.912. The van der Waals surface area contributed by atoms with Gasteiger partial charge >= 0.3 is 0 Å². The first-order valence-corrected chi connectivity index (χ1v) is 5.79. The van der Waals surface area contributed by atoms with Crippen LogP contribution in [-0.4, -0.2) is 11.9 Å². The molecule has 0 aromatic heterocycles. The molecule has 1 rings (SSSR count). The Morgan fingerprint density at radius 3 is 2.77 bits per heavy atom. The van der Waals surface area contributed by atoms with E-state index in [-0.39, 0.29) is 5.82 Å². The smallest absolute Gasteiger partial charge is 0.137 e. The van der Waals surface area contributed by atoms with E-state index < -0.39 is 0 Å². The Morgan fingerprint density at radius 1 is 1.38 bits per heavy atom. The molecule has 1 aromatic rings. The van der Waals surface area contributed by atoms with Crippen LogP contribution in [0.5, 0.6) is 5.75 Å². The maximum absolute atomic E-state index is 12.8. The van der Waals surface area contributed by atoms with E-state index in [2.05, 4.69) is 31.9 Å². The normalized spacial score (nSPS) is 10.1. The molecule has 72 valence electrons. The molecule has 0 N–H and O–H groups in total. The fourth-order valence-corrected chi connectivity index (χ4v) is 1.40. The van der Waals surface area contributed by atoms with Gasteiger partial charge in [-0.1, -0.05) is 15.9 Å². The van der Waals surface area contributed by atoms with Crippen molar-refractivity contribution in [2.24, 2.45) is 0 Å². The molecule has 1 aromatic carbocycles. The molecule has 0 bridgehead atoms. The fraction of sp³-hybridized carbons (Fsp3) is 0.333. The van der Waals surface area contributed by atoms with Gasteiger partial charge < -0.3 is 4.74 Å². The summed E-state index contributed by atoms with van der Waals surface area (Å²) in [5.41, 5.74) is 0. The average molecular weight is 312 g/mol. The highest BCUT2D eigenvalue weighted by Gasteiger charge is 2.00. The molecular formula is C9H9Br2FO. The first-order chi connectivity index (χ1) is 6.24. The largest absolute Gasteiger partial charge is 0.494 e. The topological polar surface area (TPSA) is 9.23 Å². The second-order valence-corrected chi connectivity index (χ2v) is 4.11. The van der Waals surface area contributed by atoms with Gasteiger partial charge in [0.2, 0.25) is 0 Å². The van der Waals surface area contributed by atoms with Crippen LogP contribution in [0, 0.1) is 5.82 Å². The molecule has 0 aliphatic carbocycles. The molecule has 0 atom stereocenters. The van der Waals surface area contributed by atoms with E-state index in [1.807, 2.05) is 0 Å². The van der Waals surface area contributed by atoms with Gasteiger partial charge in [0.15, 0.2) is 0 Å². The molecular weight excluding hydrogens is 303 g/mol. The molecule has 0 aliphatic heterocycles. The van der Waals surface area contributed by atoms with Crippen LogP contribution >= 0.6 is 31.9 Å². The SMILES string of the molecule is Fc1ccc(OCCCBr)cc1Br. The van der Waals surface area contributed by atoms with E-state index in [4.69, 9.17) is 4.74 Å². The van der Waals surface area contributed by atoms with Crippen molar-refractivity contribution in [3.8, 4) is 5.75 Å². The highest BCUT2D eigenvalue weighted by atomic mass is 79.9. The number of halogens is 3. The average Bonchev–Trinajstić information content (AvgIpc) is 2.12. The van der Waals surface area contributed by atoms with Gasteiger partial charge in [-0.2, -0.15) is 0 Å². The Morgan fingerprint density at radius 2 is 2.15 bits per heavy atom. The van der Waals surface area contributed by atoms with Crippen molar-refractivity contribution in [3.63, 3.8) is 0 Å². The highest BCUT2D eigenvalue weighted by Crippen LogP contribution is 2.21. The van der Waals surface area contributed by atoms with Crippen molar-refractivity contribution < 1.29 is 9.13 Å². The van der Waals surface area contributed by atoms with Crippen LogP contribution in [0.4, 0.5) is 4.39 Å². The minimum atomic E-state index is -0.271. The number of hydrogen-bond acceptors (Lipinski definition) is 1. The lowest BCUT2D eigenvalue weighted by molar-refractivity contribution is 0.318. The molecule has 4 heteroatoms. The minimum absolute atomic E-state index is 0.271. The van der Waals surface area contributed by atoms with E-state index >= 15 is 0 Å². The van der Waals surface area contributed by atoms with E-state index in [0.717, 1.165) is 11.8 Å². The van der Waals surface area contributed by atoms with Gasteiger partial charge in [-0.25, -0.2) is 4.39 Å². The third-order valence-electron chi connectivity index (χ3n) is 1.44. The van der Waals surface area contributed by atoms with Crippen molar-refractivity contribution in [1.29, 1.82) is 0 Å². The Labute approximate surface area is 93.5 Å². The van der Waals surface area contributed by atoms with Crippen LogP contribution in [0.15, 0.2) is 22.7 Å². The predicted octanol–water partition coefficient (Wildman–Crippen LogP) is 3.75. The number of alkyl halides is 1. The van der Waals surface area contributed by atoms with Gasteiger partial charge in [0.05, 0.1) is 11.1 Å². The van der Waals surface area contributed by atoms with Gasteiger partial charge in [0, 0.05) is 5.33 Å². The maximum Gasteiger partial charge on any atom is 0.137 e. The lowest BCUT2D eigenvalue weighted by Crippen LogP contribution is -1.97. The first-order valence-electron chi connectivity index (χ1n) is 3.88. The van der Waals surface area contributed by atoms with Gasteiger partial charge in [-0.3, -0.25) is 0 Å². The monoisotopic (exact) mass is 310 g/mol. The van der Waals surface area contributed by atoms with Gasteiger partial charge in [-0.05, 0) is 40.5 Å². The van der Waals surface area contributed by atoms with Crippen molar-refractivity contribution in [3.05, 3.63) is 28.5 Å². The Balaban J connectivity index is 2.53. The second kappa shape index (κ2) is 5.60. The zero-order valence-corrected chi connectivity index (χ0v) is 10.1. The molecule has 0 fully saturated rings. The van der Waals surface area contributed by atoms with Crippen molar-refractivity contribution in [2.75, 3.05) is 11.9 Å². The quantitative estimate of drug-likeness (QED) is 0.608. The van der Waals surface area contributed by atoms with Crippen molar-refractivity contribution in [1.82, 2.24) is 0 Å². The van der Waals surface area contributed by atoms with Crippen molar-refractivity contribution in [2.45, 2.75) is 6.42 Å². The van der Waals surface area contributed by atoms with Crippen LogP contribution in [0.3, 0.4) is 0 Å². The third kappa shape index (κ3) is 3.65. The lowest BCUT2D eigenvalue weighted by atomic mass is 10.3. The summed E-state index contributed by atoms with van der Waals surface area (Å²) in [5.74, 6) is 0.419. The number of hydrogen-bond donors (Lipinski definition) is 0. The zero-order chi connectivity index (χ0) is 9.68. The van der Waals surface area contributed by atoms with Gasteiger partial charge in [0.1, 0.15) is 11.6 Å². The van der Waals surface area contributed by atoms with Crippen LogP contribution in [0.2, 0.25) is 0 Å². The van der Waals surface area contributed by atoms with E-state index in [1.165, 1.54) is 6.07 Å². The maximum atomic E-state index is 12.8. The summed E-state index contributed by atoms with van der Waals surface area (Å²) in [6, 6.07) is 4.63. The minimum Gasteiger partial charge on any atom is -0.494 e. The molecule has 0 saturated carbocycles. The molecule has 0 spiro atoms. The zero-order valence-electron chi connectivity index (χ0n) is 6.90. The summed E-state index contributed by atoms with van der Waals surface area (Å²) in [6.45, 7) is 0.642. The van der Waals surface area contributed by atoms with Crippen LogP contribution in [-0.2, 0) is 0 Å². The number of ether oxygens (including phenoxy) is 1. The van der Waals surface area contributed by atoms with Crippen LogP contribution in [0.25, 0.3) is 0 Å². The molecule has 0 saturated heterocycles. The predicted molar refractivity (Wildman–Crippen MR) is 58.0 cm³/mol. The van der Waals surface area contributed by atoms with Gasteiger partial charge in [-0.15, -0.1) is 0 Å². The fourth-order valence-electron chi connectivity index (χ4n) is 0.811. The Bertz CT molecular complexity index is 278. The third-order valence-corrected chi connectivity index (χ3v) is 2.61. The molecule has 0 amide bonds. The van der Waals surface area contributed by atoms with Crippen LogP contribution in [0.1, 0.15) is 6.42 Å². The summed E-state index contributed by atoms with van der Waals surface area (Å²) >= 11 is 6.39. The summed E-state index contributed by atoms with van der Waals surface area (Å²) < 4.78 is 18.6. The first kappa shape index (κ1) is 11.0. The lowest BCUT2D eigenvalue weighted by Gasteiger charge is -2.05. The Hall–Kier alpha value is -0.0900. The van der Waals surface area contributed by atoms with Crippen LogP contribution < -0.4 is 4.74 Å². The molecule has 13 heavy (non-hydrogen) atoms. The Kier molecular flexibility index (Phi) is 4.73. The van der Waals surface area contributed by atoms with E-state index in [1.54, 1.807) is 12.1 Å². The number of rotatable bonds is 4. The van der Waals surface area contributed by atoms with E-state index in [9.17, 15) is 4.39 Å². The van der Waals surface area contributed by atoms with Gasteiger partial charge in [0.25, 0.3) is 0 Å². The molecule has 0 aliphatic rings. The highest BCUT2D eigenvalue weighted by molar-refractivity contribution is 9.10. The summed E-state index contributed by atoms with van der Waals surface area (Å²) in [7, 11) is 0. The molecule has 1 nitrogen and oxygen atoms in total. The molecule has 0 radical (unpaired) electrons. The summed E-state index contributed by atoms with van der Waals surface area (Å²) in [4.78, 5) is 0. The second-order valence-electron chi connectivity index (χ2n) is 2.47. The number of benzene rings is 1. The van der Waals surface area contributed by atoms with Crippen molar-refractivity contribution >= 4 is 31.9 Å². The van der Waals surface area contributed by atoms with E-state index in [0.29, 0.717) is 16.8 Å². The molecule has 0 heterocycles. The summed E-state index contributed by atoms with van der Waals surface area (Å²) in [6.07, 6.45) is 0.939. The molecule has 0 unspecified atom stereocenters. The standard InChI is InChI=1S/C9H9Br2FO/c10-4-1-5-13-7-2-3-9(12)8(11)6-7/h2-3,6H,1,4-5H2.